The predicted molar refractivity (Wildman–Crippen MR) is 63.1 cm³/mol. The van der Waals surface area contributed by atoms with E-state index >= 15 is 0 Å². The first-order valence-corrected chi connectivity index (χ1v) is 5.98. The van der Waals surface area contributed by atoms with Crippen LogP contribution >= 0.6 is 0 Å². The summed E-state index contributed by atoms with van der Waals surface area (Å²) in [5.41, 5.74) is 0. The summed E-state index contributed by atoms with van der Waals surface area (Å²) >= 11 is 0. The van der Waals surface area contributed by atoms with Gasteiger partial charge in [-0.1, -0.05) is 6.42 Å². The van der Waals surface area contributed by atoms with Crippen molar-refractivity contribution in [2.24, 2.45) is 0 Å². The van der Waals surface area contributed by atoms with Gasteiger partial charge in [-0.05, 0) is 31.5 Å². The Morgan fingerprint density at radius 3 is 2.88 bits per heavy atom. The van der Waals surface area contributed by atoms with E-state index in [0.29, 0.717) is 6.54 Å². The number of nitrogens with one attached hydrogen (secondary N) is 2. The van der Waals surface area contributed by atoms with Crippen molar-refractivity contribution in [2.75, 3.05) is 13.1 Å². The van der Waals surface area contributed by atoms with E-state index in [-0.39, 0.29) is 11.9 Å². The molecule has 16 heavy (non-hydrogen) atoms. The number of aromatic nitrogens is 1. The van der Waals surface area contributed by atoms with E-state index in [9.17, 15) is 4.79 Å². The normalized spacial score (nSPS) is 20.6. The summed E-state index contributed by atoms with van der Waals surface area (Å²) in [5.74, 6) is 0.145. The van der Waals surface area contributed by atoms with Gasteiger partial charge in [0.15, 0.2) is 0 Å². The summed E-state index contributed by atoms with van der Waals surface area (Å²) in [5, 5.41) is 6.21. The number of hydrogen-bond donors (Lipinski definition) is 2. The lowest BCUT2D eigenvalue weighted by atomic mass is 10.0. The highest BCUT2D eigenvalue weighted by molar-refractivity contribution is 5.81. The fourth-order valence-corrected chi connectivity index (χ4v) is 2.03. The van der Waals surface area contributed by atoms with Gasteiger partial charge in [-0.25, -0.2) is 0 Å². The molecular weight excluding hydrogens is 202 g/mol. The van der Waals surface area contributed by atoms with Gasteiger partial charge < -0.3 is 15.2 Å². The van der Waals surface area contributed by atoms with E-state index in [1.807, 2.05) is 24.5 Å². The molecule has 1 aromatic rings. The fourth-order valence-electron chi connectivity index (χ4n) is 2.03. The van der Waals surface area contributed by atoms with Crippen LogP contribution in [-0.2, 0) is 11.3 Å². The van der Waals surface area contributed by atoms with Crippen molar-refractivity contribution in [3.8, 4) is 0 Å². The van der Waals surface area contributed by atoms with Gasteiger partial charge >= 0.3 is 0 Å². The van der Waals surface area contributed by atoms with E-state index in [4.69, 9.17) is 0 Å². The van der Waals surface area contributed by atoms with Gasteiger partial charge in [0.25, 0.3) is 0 Å². The Hall–Kier alpha value is -1.29. The van der Waals surface area contributed by atoms with Gasteiger partial charge in [0, 0.05) is 25.5 Å². The van der Waals surface area contributed by atoms with E-state index < -0.39 is 0 Å². The number of nitrogens with zero attached hydrogens (tertiary/aromatic N) is 1. The molecule has 4 nitrogen and oxygen atoms in total. The molecule has 2 rings (SSSR count). The van der Waals surface area contributed by atoms with E-state index in [1.54, 1.807) is 0 Å². The van der Waals surface area contributed by atoms with Gasteiger partial charge in [-0.15, -0.1) is 0 Å². The molecule has 1 aliphatic heterocycles. The zero-order valence-corrected chi connectivity index (χ0v) is 9.48. The monoisotopic (exact) mass is 221 g/mol. The van der Waals surface area contributed by atoms with Crippen LogP contribution in [0.2, 0.25) is 0 Å². The molecule has 1 amide bonds. The number of carbonyl (C=O) groups is 1. The molecule has 0 aromatic carbocycles. The van der Waals surface area contributed by atoms with Crippen molar-refractivity contribution in [3.05, 3.63) is 24.5 Å². The van der Waals surface area contributed by atoms with E-state index in [1.165, 1.54) is 6.42 Å². The lowest BCUT2D eigenvalue weighted by Gasteiger charge is -2.22. The molecule has 0 spiro atoms. The van der Waals surface area contributed by atoms with Crippen LogP contribution in [0, 0.1) is 0 Å². The summed E-state index contributed by atoms with van der Waals surface area (Å²) in [4.78, 5) is 11.7. The highest BCUT2D eigenvalue weighted by Gasteiger charge is 2.19. The number of rotatable bonds is 4. The third-order valence-electron chi connectivity index (χ3n) is 2.96. The average Bonchev–Trinajstić information content (AvgIpc) is 2.83. The Balaban J connectivity index is 1.67. The third-order valence-corrected chi connectivity index (χ3v) is 2.96. The van der Waals surface area contributed by atoms with E-state index in [2.05, 4.69) is 15.2 Å². The van der Waals surface area contributed by atoms with Gasteiger partial charge in [0.1, 0.15) is 0 Å². The van der Waals surface area contributed by atoms with Gasteiger partial charge in [0.05, 0.1) is 6.04 Å². The standard InChI is InChI=1S/C12H19N3O/c16-12(11-5-1-2-6-13-11)14-7-10-15-8-3-4-9-15/h3-4,8-9,11,13H,1-2,5-7,10H2,(H,14,16). The molecule has 1 saturated heterocycles. The lowest BCUT2D eigenvalue weighted by molar-refractivity contribution is -0.123. The first-order valence-electron chi connectivity index (χ1n) is 5.98. The van der Waals surface area contributed by atoms with Gasteiger partial charge in [-0.2, -0.15) is 0 Å². The van der Waals surface area contributed by atoms with Crippen molar-refractivity contribution >= 4 is 5.91 Å². The van der Waals surface area contributed by atoms with Crippen molar-refractivity contribution in [3.63, 3.8) is 0 Å². The highest BCUT2D eigenvalue weighted by atomic mass is 16.2. The molecule has 0 bridgehead atoms. The summed E-state index contributed by atoms with van der Waals surface area (Å²) in [6, 6.07) is 4.01. The Labute approximate surface area is 96.0 Å². The van der Waals surface area contributed by atoms with Crippen molar-refractivity contribution in [2.45, 2.75) is 31.8 Å². The smallest absolute Gasteiger partial charge is 0.237 e. The average molecular weight is 221 g/mol. The van der Waals surface area contributed by atoms with Crippen molar-refractivity contribution in [1.29, 1.82) is 0 Å². The molecule has 0 radical (unpaired) electrons. The molecule has 88 valence electrons. The predicted octanol–water partition coefficient (Wildman–Crippen LogP) is 0.746. The minimum absolute atomic E-state index is 0.0263. The Morgan fingerprint density at radius 1 is 1.38 bits per heavy atom. The largest absolute Gasteiger partial charge is 0.353 e. The molecule has 1 unspecified atom stereocenters. The molecule has 0 aliphatic carbocycles. The van der Waals surface area contributed by atoms with Gasteiger partial charge in [-0.3, -0.25) is 4.79 Å². The fraction of sp³-hybridized carbons (Fsp3) is 0.583. The first-order chi connectivity index (χ1) is 7.86. The molecule has 0 saturated carbocycles. The SMILES string of the molecule is O=C(NCCn1cccc1)C1CCCCN1. The van der Waals surface area contributed by atoms with Crippen LogP contribution in [0.1, 0.15) is 19.3 Å². The second-order valence-electron chi connectivity index (χ2n) is 4.21. The summed E-state index contributed by atoms with van der Waals surface area (Å²) in [7, 11) is 0. The van der Waals surface area contributed by atoms with Crippen LogP contribution in [0.4, 0.5) is 0 Å². The lowest BCUT2D eigenvalue weighted by Crippen LogP contribution is -2.47. The quantitative estimate of drug-likeness (QED) is 0.788. The van der Waals surface area contributed by atoms with Crippen LogP contribution in [-0.4, -0.2) is 29.6 Å². The topological polar surface area (TPSA) is 46.1 Å². The summed E-state index contributed by atoms with van der Waals surface area (Å²) in [6.45, 7) is 2.51. The van der Waals surface area contributed by atoms with Crippen molar-refractivity contribution < 1.29 is 4.79 Å². The van der Waals surface area contributed by atoms with E-state index in [0.717, 1.165) is 25.9 Å². The minimum Gasteiger partial charge on any atom is -0.353 e. The molecule has 4 heteroatoms. The first kappa shape index (κ1) is 11.2. The third kappa shape index (κ3) is 3.10. The molecule has 2 N–H and O–H groups in total. The maximum atomic E-state index is 11.7. The van der Waals surface area contributed by atoms with Gasteiger partial charge in [0.2, 0.25) is 5.91 Å². The molecular formula is C12H19N3O. The Bertz CT molecular complexity index is 315. The summed E-state index contributed by atoms with van der Waals surface area (Å²) in [6.07, 6.45) is 7.32. The Kier molecular flexibility index (Phi) is 3.99. The molecule has 2 heterocycles. The maximum Gasteiger partial charge on any atom is 0.237 e. The second kappa shape index (κ2) is 5.70. The molecule has 1 aliphatic rings. The number of carbonyl (C=O) groups excluding carboxylic acids is 1. The second-order valence-corrected chi connectivity index (χ2v) is 4.21. The van der Waals surface area contributed by atoms with Crippen LogP contribution in [0.25, 0.3) is 0 Å². The van der Waals surface area contributed by atoms with Crippen molar-refractivity contribution in [1.82, 2.24) is 15.2 Å². The zero-order chi connectivity index (χ0) is 11.2. The van der Waals surface area contributed by atoms with Crippen LogP contribution in [0.3, 0.4) is 0 Å². The number of hydrogen-bond acceptors (Lipinski definition) is 2. The molecule has 1 atom stereocenters. The van der Waals surface area contributed by atoms with Crippen LogP contribution < -0.4 is 10.6 Å². The molecule has 1 aromatic heterocycles. The highest BCUT2D eigenvalue weighted by Crippen LogP contribution is 2.06. The maximum absolute atomic E-state index is 11.7. The summed E-state index contributed by atoms with van der Waals surface area (Å²) < 4.78 is 2.06. The zero-order valence-electron chi connectivity index (χ0n) is 9.48. The molecule has 1 fully saturated rings. The van der Waals surface area contributed by atoms with Crippen LogP contribution in [0.15, 0.2) is 24.5 Å². The minimum atomic E-state index is 0.0263. The number of amides is 1. The Morgan fingerprint density at radius 2 is 2.19 bits per heavy atom. The van der Waals surface area contributed by atoms with Crippen LogP contribution in [0.5, 0.6) is 0 Å². The number of piperidine rings is 1.